The number of aliphatic hydroxyl groups excluding tert-OH is 3. The molecule has 0 aromatic rings. The van der Waals surface area contributed by atoms with Gasteiger partial charge in [-0.05, 0) is 89.0 Å². The average Bonchev–Trinajstić information content (AvgIpc) is 3.13. The molecule has 1 aliphatic carbocycles. The Morgan fingerprint density at radius 1 is 0.889 bits per heavy atom. The molecule has 1 saturated carbocycles. The molecule has 3 aliphatic heterocycles. The molecule has 0 aromatic heterocycles. The maximum Gasteiger partial charge on any atom is 0.329 e. The van der Waals surface area contributed by atoms with E-state index in [9.17, 15) is 39.6 Å². The number of fused-ring (bicyclic) bond motifs is 3. The highest BCUT2D eigenvalue weighted by Crippen LogP contribution is 2.39. The molecule has 2 bridgehead atoms. The molecule has 13 nitrogen and oxygen atoms in total. The van der Waals surface area contributed by atoms with Gasteiger partial charge >= 0.3 is 5.97 Å². The van der Waals surface area contributed by atoms with Crippen molar-refractivity contribution < 1.29 is 58.6 Å². The Balaban J connectivity index is 1.75. The van der Waals surface area contributed by atoms with Crippen molar-refractivity contribution >= 4 is 23.4 Å². The summed E-state index contributed by atoms with van der Waals surface area (Å²) in [7, 11) is 3.04. The van der Waals surface area contributed by atoms with E-state index in [-0.39, 0.29) is 43.4 Å². The van der Waals surface area contributed by atoms with Crippen LogP contribution in [-0.4, -0.2) is 124 Å². The normalized spacial score (nSPS) is 41.7. The van der Waals surface area contributed by atoms with Crippen LogP contribution in [0, 0.1) is 29.6 Å². The number of hydrogen-bond donors (Lipinski definition) is 4. The lowest BCUT2D eigenvalue weighted by atomic mass is 9.82. The number of piperidine rings is 1. The summed E-state index contributed by atoms with van der Waals surface area (Å²) >= 11 is 0. The Kier molecular flexibility index (Phi) is 15.6. The van der Waals surface area contributed by atoms with E-state index < -0.39 is 90.0 Å². The quantitative estimate of drug-likeness (QED) is 0.186. The molecule has 13 heteroatoms. The molecule has 4 rings (SSSR count). The Bertz CT molecular complexity index is 1400. The fraction of sp³-hybridized carbons (Fsp3) is 0.805. The first-order valence-electron chi connectivity index (χ1n) is 19.9. The molecule has 306 valence electrons. The van der Waals surface area contributed by atoms with Crippen LogP contribution in [0.15, 0.2) is 23.3 Å². The Hall–Kier alpha value is -2.52. The van der Waals surface area contributed by atoms with Crippen molar-refractivity contribution in [1.29, 1.82) is 0 Å². The highest BCUT2D eigenvalue weighted by molar-refractivity contribution is 6.39. The fourth-order valence-corrected chi connectivity index (χ4v) is 8.93. The second-order valence-electron chi connectivity index (χ2n) is 16.7. The second kappa shape index (κ2) is 19.1. The number of aliphatic hydroxyl groups is 4. The third-order valence-corrected chi connectivity index (χ3v) is 12.3. The Morgan fingerprint density at radius 3 is 2.20 bits per heavy atom. The smallest absolute Gasteiger partial charge is 0.329 e. The number of esters is 1. The van der Waals surface area contributed by atoms with E-state index in [1.165, 1.54) is 14.2 Å². The van der Waals surface area contributed by atoms with Crippen molar-refractivity contribution in [1.82, 2.24) is 4.90 Å². The number of cyclic esters (lactones) is 1. The molecule has 14 unspecified atom stereocenters. The molecule has 3 fully saturated rings. The van der Waals surface area contributed by atoms with Gasteiger partial charge in [-0.15, -0.1) is 0 Å². The molecule has 0 spiro atoms. The van der Waals surface area contributed by atoms with Crippen molar-refractivity contribution in [3.05, 3.63) is 23.3 Å². The number of methoxy groups -OCH3 is 2. The van der Waals surface area contributed by atoms with Crippen molar-refractivity contribution in [2.75, 3.05) is 20.8 Å². The summed E-state index contributed by atoms with van der Waals surface area (Å²) in [6, 6.07) is -1.15. The van der Waals surface area contributed by atoms with Crippen LogP contribution < -0.4 is 0 Å². The summed E-state index contributed by atoms with van der Waals surface area (Å²) in [6.45, 7) is 10.9. The lowest BCUT2D eigenvalue weighted by molar-refractivity contribution is -0.302. The zero-order valence-electron chi connectivity index (χ0n) is 33.4. The van der Waals surface area contributed by atoms with Crippen LogP contribution in [0.1, 0.15) is 106 Å². The van der Waals surface area contributed by atoms with E-state index in [4.69, 9.17) is 18.9 Å². The minimum atomic E-state index is -2.51. The van der Waals surface area contributed by atoms with E-state index in [1.807, 2.05) is 26.0 Å². The highest BCUT2D eigenvalue weighted by atomic mass is 16.7. The maximum atomic E-state index is 14.2. The zero-order valence-corrected chi connectivity index (χ0v) is 33.4. The van der Waals surface area contributed by atoms with Crippen molar-refractivity contribution in [2.24, 2.45) is 29.6 Å². The number of allylic oxidation sites excluding steroid dienone is 3. The molecule has 4 N–H and O–H groups in total. The summed E-state index contributed by atoms with van der Waals surface area (Å²) in [6.07, 6.45) is 1.55. The van der Waals surface area contributed by atoms with E-state index in [1.54, 1.807) is 27.7 Å². The summed E-state index contributed by atoms with van der Waals surface area (Å²) < 4.78 is 24.0. The van der Waals surface area contributed by atoms with E-state index in [2.05, 4.69) is 0 Å². The van der Waals surface area contributed by atoms with Crippen LogP contribution in [0.5, 0.6) is 0 Å². The zero-order chi connectivity index (χ0) is 40.1. The summed E-state index contributed by atoms with van der Waals surface area (Å²) in [4.78, 5) is 57.1. The van der Waals surface area contributed by atoms with Crippen molar-refractivity contribution in [3.63, 3.8) is 0 Å². The molecule has 54 heavy (non-hydrogen) atoms. The van der Waals surface area contributed by atoms with Crippen LogP contribution in [0.2, 0.25) is 0 Å². The molecular weight excluding hydrogens is 698 g/mol. The van der Waals surface area contributed by atoms with Gasteiger partial charge in [0.15, 0.2) is 0 Å². The molecular formula is C41H65NO12. The van der Waals surface area contributed by atoms with Crippen LogP contribution >= 0.6 is 0 Å². The molecule has 14 atom stereocenters. The SMILES string of the molecule is COC1CC(C)CC(C)=CC(C)C(=O)CC(O)C(C)C(C(C)=CC2CCC(O)C(O)C2)OC(=O)C2CCCCN2C(=O)C(=O)C2(O)OC1C(OC)CC2C. The predicted octanol–water partition coefficient (Wildman–Crippen LogP) is 3.43. The Labute approximate surface area is 320 Å². The van der Waals surface area contributed by atoms with Gasteiger partial charge in [-0.25, -0.2) is 4.79 Å². The average molecular weight is 764 g/mol. The first-order chi connectivity index (χ1) is 25.4. The van der Waals surface area contributed by atoms with Gasteiger partial charge < -0.3 is 44.3 Å². The standard InChI is InChI=1S/C41H65NO12/c1-22-15-23(2)17-34(51-7)37-35(52-8)19-26(5)41(50,54-37)38(47)39(48)42-14-10-9-11-29(42)40(49)53-36(27(6)32(45)21-31(44)24(3)16-22)25(4)18-28-12-13-30(43)33(46)20-28/h16,18,23-24,26-30,32-37,43,45-46,50H,9-15,17,19-21H2,1-8H3. The highest BCUT2D eigenvalue weighted by Gasteiger charge is 2.56. The first-order valence-corrected chi connectivity index (χ1v) is 19.9. The summed E-state index contributed by atoms with van der Waals surface area (Å²) in [5.74, 6) is -7.86. The number of Topliss-reactive ketones (excluding diaryl/α,β-unsaturated/α-hetero) is 2. The van der Waals surface area contributed by atoms with Crippen LogP contribution in [0.25, 0.3) is 0 Å². The van der Waals surface area contributed by atoms with Gasteiger partial charge in [0.05, 0.1) is 30.5 Å². The van der Waals surface area contributed by atoms with E-state index in [0.29, 0.717) is 50.5 Å². The van der Waals surface area contributed by atoms with Crippen LogP contribution in [0.3, 0.4) is 0 Å². The number of rotatable bonds is 4. The van der Waals surface area contributed by atoms with Gasteiger partial charge in [0.25, 0.3) is 11.7 Å². The number of carbonyl (C=O) groups excluding carboxylic acids is 4. The third-order valence-electron chi connectivity index (χ3n) is 12.3. The largest absolute Gasteiger partial charge is 0.456 e. The molecule has 4 aliphatic rings. The molecule has 0 radical (unpaired) electrons. The summed E-state index contributed by atoms with van der Waals surface area (Å²) in [5.41, 5.74) is 1.56. The second-order valence-corrected chi connectivity index (χ2v) is 16.7. The number of ether oxygens (including phenoxy) is 4. The topological polar surface area (TPSA) is 189 Å². The maximum absolute atomic E-state index is 14.2. The van der Waals surface area contributed by atoms with Gasteiger partial charge in [0.1, 0.15) is 24.0 Å². The lowest BCUT2D eigenvalue weighted by Gasteiger charge is -2.47. The summed E-state index contributed by atoms with van der Waals surface area (Å²) in [5, 5.41) is 43.9. The number of hydrogen-bond acceptors (Lipinski definition) is 12. The minimum Gasteiger partial charge on any atom is -0.456 e. The van der Waals surface area contributed by atoms with Gasteiger partial charge in [-0.3, -0.25) is 14.4 Å². The number of nitrogens with zero attached hydrogens (tertiary/aromatic N) is 1. The monoisotopic (exact) mass is 763 g/mol. The molecule has 0 aromatic carbocycles. The van der Waals surface area contributed by atoms with Gasteiger partial charge in [0.2, 0.25) is 5.79 Å². The third kappa shape index (κ3) is 10.3. The first kappa shape index (κ1) is 44.2. The van der Waals surface area contributed by atoms with Gasteiger partial charge in [-0.1, -0.05) is 45.4 Å². The van der Waals surface area contributed by atoms with Crippen molar-refractivity contribution in [3.8, 4) is 0 Å². The number of amides is 1. The van der Waals surface area contributed by atoms with E-state index in [0.717, 1.165) is 10.5 Å². The molecule has 3 heterocycles. The number of carbonyl (C=O) groups is 4. The molecule has 1 amide bonds. The van der Waals surface area contributed by atoms with Crippen LogP contribution in [0.4, 0.5) is 0 Å². The number of ketones is 2. The van der Waals surface area contributed by atoms with Gasteiger partial charge in [-0.2, -0.15) is 0 Å². The minimum absolute atomic E-state index is 0.0282. The van der Waals surface area contributed by atoms with Crippen molar-refractivity contribution in [2.45, 2.75) is 160 Å². The fourth-order valence-electron chi connectivity index (χ4n) is 8.93. The lowest BCUT2D eigenvalue weighted by Crippen LogP contribution is -2.64. The van der Waals surface area contributed by atoms with Crippen LogP contribution in [-0.2, 0) is 38.1 Å². The van der Waals surface area contributed by atoms with Gasteiger partial charge in [0, 0.05) is 44.9 Å². The molecule has 2 saturated heterocycles. The Morgan fingerprint density at radius 2 is 1.56 bits per heavy atom. The predicted molar refractivity (Wildman–Crippen MR) is 199 cm³/mol. The van der Waals surface area contributed by atoms with E-state index >= 15 is 0 Å².